The van der Waals surface area contributed by atoms with Gasteiger partial charge in [0.2, 0.25) is 0 Å². The number of thioether (sulfide) groups is 1. The van der Waals surface area contributed by atoms with Gasteiger partial charge in [0.25, 0.3) is 0 Å². The van der Waals surface area contributed by atoms with Crippen LogP contribution in [0.2, 0.25) is 0 Å². The molecule has 0 saturated heterocycles. The molecule has 0 aliphatic rings. The molecular formula is C13H21NOS. The average molecular weight is 239 g/mol. The molecule has 0 radical (unpaired) electrons. The SMILES string of the molecule is CCSc1cccc(NC(CC)COC)c1. The summed E-state index contributed by atoms with van der Waals surface area (Å²) in [6.45, 7) is 5.09. The second kappa shape index (κ2) is 7.58. The predicted octanol–water partition coefficient (Wildman–Crippen LogP) is 3.64. The highest BCUT2D eigenvalue weighted by Crippen LogP contribution is 2.21. The van der Waals surface area contributed by atoms with E-state index in [0.29, 0.717) is 6.04 Å². The van der Waals surface area contributed by atoms with Crippen LogP contribution >= 0.6 is 11.8 Å². The third-order valence-electron chi connectivity index (χ3n) is 2.38. The smallest absolute Gasteiger partial charge is 0.0663 e. The van der Waals surface area contributed by atoms with Crippen LogP contribution in [0.5, 0.6) is 0 Å². The van der Waals surface area contributed by atoms with Crippen LogP contribution in [0.1, 0.15) is 20.3 Å². The maximum Gasteiger partial charge on any atom is 0.0663 e. The molecule has 0 heterocycles. The van der Waals surface area contributed by atoms with Gasteiger partial charge in [-0.05, 0) is 30.4 Å². The molecular weight excluding hydrogens is 218 g/mol. The minimum absolute atomic E-state index is 0.395. The molecule has 0 saturated carbocycles. The zero-order chi connectivity index (χ0) is 11.8. The van der Waals surface area contributed by atoms with Crippen LogP contribution in [0, 0.1) is 0 Å². The second-order valence-electron chi connectivity index (χ2n) is 3.67. The van der Waals surface area contributed by atoms with Crippen molar-refractivity contribution in [3.63, 3.8) is 0 Å². The topological polar surface area (TPSA) is 21.3 Å². The predicted molar refractivity (Wildman–Crippen MR) is 72.4 cm³/mol. The van der Waals surface area contributed by atoms with E-state index in [1.165, 1.54) is 10.6 Å². The first-order valence-electron chi connectivity index (χ1n) is 5.78. The molecule has 0 bridgehead atoms. The Hall–Kier alpha value is -0.670. The van der Waals surface area contributed by atoms with Crippen LogP contribution in [0.4, 0.5) is 5.69 Å². The molecule has 1 aromatic rings. The molecule has 0 fully saturated rings. The van der Waals surface area contributed by atoms with Gasteiger partial charge < -0.3 is 10.1 Å². The first-order valence-corrected chi connectivity index (χ1v) is 6.77. The Balaban J connectivity index is 2.60. The first-order chi connectivity index (χ1) is 7.80. The molecule has 1 atom stereocenters. The Morgan fingerprint density at radius 2 is 2.19 bits per heavy atom. The van der Waals surface area contributed by atoms with Gasteiger partial charge in [-0.25, -0.2) is 0 Å². The highest BCUT2D eigenvalue weighted by Gasteiger charge is 2.05. The van der Waals surface area contributed by atoms with Crippen molar-refractivity contribution in [1.29, 1.82) is 0 Å². The van der Waals surface area contributed by atoms with Gasteiger partial charge in [-0.15, -0.1) is 11.8 Å². The van der Waals surface area contributed by atoms with E-state index in [1.54, 1.807) is 7.11 Å². The highest BCUT2D eigenvalue weighted by molar-refractivity contribution is 7.99. The van der Waals surface area contributed by atoms with E-state index in [-0.39, 0.29) is 0 Å². The molecule has 90 valence electrons. The van der Waals surface area contributed by atoms with Gasteiger partial charge in [0.15, 0.2) is 0 Å². The van der Waals surface area contributed by atoms with Crippen molar-refractivity contribution in [2.45, 2.75) is 31.2 Å². The van der Waals surface area contributed by atoms with Crippen molar-refractivity contribution in [3.8, 4) is 0 Å². The van der Waals surface area contributed by atoms with Crippen molar-refractivity contribution in [3.05, 3.63) is 24.3 Å². The number of rotatable bonds is 7. The molecule has 16 heavy (non-hydrogen) atoms. The monoisotopic (exact) mass is 239 g/mol. The van der Waals surface area contributed by atoms with Crippen LogP contribution in [-0.4, -0.2) is 25.5 Å². The number of hydrogen-bond acceptors (Lipinski definition) is 3. The first kappa shape index (κ1) is 13.4. The standard InChI is InChI=1S/C13H21NOS/c1-4-11(10-15-3)14-12-7-6-8-13(9-12)16-5-2/h6-9,11,14H,4-5,10H2,1-3H3. The fourth-order valence-electron chi connectivity index (χ4n) is 1.54. The molecule has 2 nitrogen and oxygen atoms in total. The lowest BCUT2D eigenvalue weighted by molar-refractivity contribution is 0.184. The second-order valence-corrected chi connectivity index (χ2v) is 5.00. The quantitative estimate of drug-likeness (QED) is 0.734. The van der Waals surface area contributed by atoms with Crippen molar-refractivity contribution < 1.29 is 4.74 Å². The number of nitrogens with one attached hydrogen (secondary N) is 1. The average Bonchev–Trinajstić information content (AvgIpc) is 2.29. The molecule has 0 amide bonds. The van der Waals surface area contributed by atoms with Crippen LogP contribution in [0.25, 0.3) is 0 Å². The largest absolute Gasteiger partial charge is 0.383 e. The van der Waals surface area contributed by atoms with Crippen molar-refractivity contribution in [2.75, 3.05) is 24.8 Å². The summed E-state index contributed by atoms with van der Waals surface area (Å²) in [5.74, 6) is 1.11. The summed E-state index contributed by atoms with van der Waals surface area (Å²) >= 11 is 1.87. The van der Waals surface area contributed by atoms with Gasteiger partial charge in [0, 0.05) is 23.7 Å². The zero-order valence-electron chi connectivity index (χ0n) is 10.3. The summed E-state index contributed by atoms with van der Waals surface area (Å²) in [5, 5.41) is 3.49. The van der Waals surface area contributed by atoms with Crippen molar-refractivity contribution in [2.24, 2.45) is 0 Å². The van der Waals surface area contributed by atoms with Gasteiger partial charge in [0.1, 0.15) is 0 Å². The van der Waals surface area contributed by atoms with E-state index >= 15 is 0 Å². The summed E-state index contributed by atoms with van der Waals surface area (Å²) in [4.78, 5) is 1.32. The molecule has 0 spiro atoms. The molecule has 0 aliphatic carbocycles. The van der Waals surface area contributed by atoms with Gasteiger partial charge >= 0.3 is 0 Å². The Labute approximate surface area is 103 Å². The van der Waals surface area contributed by atoms with Gasteiger partial charge in [0.05, 0.1) is 6.61 Å². The van der Waals surface area contributed by atoms with Crippen molar-refractivity contribution >= 4 is 17.4 Å². The maximum absolute atomic E-state index is 5.18. The third kappa shape index (κ3) is 4.45. The Morgan fingerprint density at radius 3 is 2.81 bits per heavy atom. The minimum atomic E-state index is 0.395. The summed E-state index contributed by atoms with van der Waals surface area (Å²) in [6, 6.07) is 8.95. The summed E-state index contributed by atoms with van der Waals surface area (Å²) in [6.07, 6.45) is 1.07. The molecule has 3 heteroatoms. The number of methoxy groups -OCH3 is 1. The zero-order valence-corrected chi connectivity index (χ0v) is 11.1. The number of ether oxygens (including phenoxy) is 1. The normalized spacial score (nSPS) is 12.4. The Morgan fingerprint density at radius 1 is 1.38 bits per heavy atom. The van der Waals surface area contributed by atoms with E-state index in [9.17, 15) is 0 Å². The number of benzene rings is 1. The van der Waals surface area contributed by atoms with Crippen LogP contribution in [0.15, 0.2) is 29.2 Å². The lowest BCUT2D eigenvalue weighted by Gasteiger charge is -2.17. The van der Waals surface area contributed by atoms with Crippen LogP contribution in [-0.2, 0) is 4.74 Å². The lowest BCUT2D eigenvalue weighted by atomic mass is 10.2. The van der Waals surface area contributed by atoms with Crippen LogP contribution < -0.4 is 5.32 Å². The molecule has 1 N–H and O–H groups in total. The van der Waals surface area contributed by atoms with E-state index in [2.05, 4.69) is 43.4 Å². The summed E-state index contributed by atoms with van der Waals surface area (Å²) < 4.78 is 5.18. The fourth-order valence-corrected chi connectivity index (χ4v) is 2.26. The molecule has 0 aromatic heterocycles. The fraction of sp³-hybridized carbons (Fsp3) is 0.538. The summed E-state index contributed by atoms with van der Waals surface area (Å²) in [5.41, 5.74) is 1.18. The van der Waals surface area contributed by atoms with Gasteiger partial charge in [-0.1, -0.05) is 19.9 Å². The van der Waals surface area contributed by atoms with E-state index in [4.69, 9.17) is 4.74 Å². The van der Waals surface area contributed by atoms with E-state index in [1.807, 2.05) is 11.8 Å². The maximum atomic E-state index is 5.18. The number of anilines is 1. The lowest BCUT2D eigenvalue weighted by Crippen LogP contribution is -2.23. The Bertz CT molecular complexity index is 304. The molecule has 1 aromatic carbocycles. The van der Waals surface area contributed by atoms with Gasteiger partial charge in [-0.3, -0.25) is 0 Å². The minimum Gasteiger partial charge on any atom is -0.383 e. The van der Waals surface area contributed by atoms with E-state index < -0.39 is 0 Å². The van der Waals surface area contributed by atoms with Gasteiger partial charge in [-0.2, -0.15) is 0 Å². The van der Waals surface area contributed by atoms with E-state index in [0.717, 1.165) is 18.8 Å². The molecule has 0 aliphatic heterocycles. The summed E-state index contributed by atoms with van der Waals surface area (Å²) in [7, 11) is 1.74. The third-order valence-corrected chi connectivity index (χ3v) is 3.25. The highest BCUT2D eigenvalue weighted by atomic mass is 32.2. The van der Waals surface area contributed by atoms with Crippen LogP contribution in [0.3, 0.4) is 0 Å². The molecule has 1 rings (SSSR count). The Kier molecular flexibility index (Phi) is 6.34. The molecule has 1 unspecified atom stereocenters. The van der Waals surface area contributed by atoms with Crippen molar-refractivity contribution in [1.82, 2.24) is 0 Å². The number of hydrogen-bond donors (Lipinski definition) is 1.